The number of piperidine rings is 1. The van der Waals surface area contributed by atoms with Gasteiger partial charge < -0.3 is 9.88 Å². The lowest BCUT2D eigenvalue weighted by atomic mass is 10.1. The van der Waals surface area contributed by atoms with Crippen molar-refractivity contribution in [2.45, 2.75) is 30.2 Å². The Balaban J connectivity index is 1.39. The van der Waals surface area contributed by atoms with E-state index < -0.39 is 15.1 Å². The van der Waals surface area contributed by atoms with Crippen molar-refractivity contribution in [2.24, 2.45) is 0 Å². The molecule has 1 saturated heterocycles. The van der Waals surface area contributed by atoms with Crippen LogP contribution in [-0.4, -0.2) is 41.7 Å². The number of anilines is 1. The Hall–Kier alpha value is -2.45. The van der Waals surface area contributed by atoms with Gasteiger partial charge in [-0.05, 0) is 31.4 Å². The predicted octanol–water partition coefficient (Wildman–Crippen LogP) is 3.79. The summed E-state index contributed by atoms with van der Waals surface area (Å²) in [6.45, 7) is 3.17. The van der Waals surface area contributed by atoms with Crippen LogP contribution in [0.1, 0.15) is 29.8 Å². The number of H-pyrrole nitrogens is 1. The highest BCUT2D eigenvalue weighted by Gasteiger charge is 2.33. The second kappa shape index (κ2) is 7.89. The third-order valence-corrected chi connectivity index (χ3v) is 7.87. The van der Waals surface area contributed by atoms with Crippen LogP contribution in [-0.2, 0) is 9.84 Å². The van der Waals surface area contributed by atoms with Crippen molar-refractivity contribution >= 4 is 38.5 Å². The molecule has 3 heterocycles. The van der Waals surface area contributed by atoms with E-state index in [2.05, 4.69) is 32.0 Å². The fourth-order valence-corrected chi connectivity index (χ4v) is 5.79. The first-order valence-corrected chi connectivity index (χ1v) is 11.6. The topological polar surface area (TPSA) is 79.0 Å². The number of benzene rings is 1. The molecule has 0 unspecified atom stereocenters. The van der Waals surface area contributed by atoms with Gasteiger partial charge in [0.1, 0.15) is 0 Å². The van der Waals surface area contributed by atoms with Crippen molar-refractivity contribution in [3.8, 4) is 0 Å². The average Bonchev–Trinajstić information content (AvgIpc) is 3.37. The third kappa shape index (κ3) is 4.02. The largest absolute Gasteiger partial charge is 0.348 e. The number of aryl methyl sites for hydroxylation is 1. The molecule has 0 saturated carbocycles. The number of rotatable bonds is 5. The van der Waals surface area contributed by atoms with E-state index in [0.29, 0.717) is 25.9 Å². The summed E-state index contributed by atoms with van der Waals surface area (Å²) < 4.78 is 25.5. The van der Waals surface area contributed by atoms with Gasteiger partial charge in [0.2, 0.25) is 15.0 Å². The number of aromatic nitrogens is 3. The summed E-state index contributed by atoms with van der Waals surface area (Å²) >= 11 is 1.60. The van der Waals surface area contributed by atoms with E-state index >= 15 is 0 Å². The molecule has 0 aliphatic carbocycles. The molecule has 3 aromatic rings. The van der Waals surface area contributed by atoms with Crippen molar-refractivity contribution < 1.29 is 8.42 Å². The van der Waals surface area contributed by atoms with Crippen LogP contribution in [0, 0.1) is 6.92 Å². The minimum Gasteiger partial charge on any atom is -0.348 e. The zero-order valence-electron chi connectivity index (χ0n) is 15.6. The lowest BCUT2D eigenvalue weighted by Crippen LogP contribution is -2.39. The minimum absolute atomic E-state index is 0.0889. The number of hydrogen-bond donors (Lipinski definition) is 1. The number of nitrogens with one attached hydrogen (secondary N) is 1. The van der Waals surface area contributed by atoms with Crippen LogP contribution in [0.15, 0.2) is 47.1 Å². The first-order chi connectivity index (χ1) is 13.5. The van der Waals surface area contributed by atoms with Gasteiger partial charge in [-0.15, -0.1) is 11.3 Å². The normalized spacial score (nSPS) is 16.1. The van der Waals surface area contributed by atoms with Crippen LogP contribution in [0.5, 0.6) is 0 Å². The molecule has 1 fully saturated rings. The maximum atomic E-state index is 12.7. The fourth-order valence-electron chi connectivity index (χ4n) is 3.29. The molecule has 1 N–H and O–H groups in total. The van der Waals surface area contributed by atoms with Crippen molar-refractivity contribution in [3.63, 3.8) is 0 Å². The summed E-state index contributed by atoms with van der Waals surface area (Å²) in [5, 5.41) is 2.67. The quantitative estimate of drug-likeness (QED) is 0.687. The van der Waals surface area contributed by atoms with E-state index in [9.17, 15) is 8.42 Å². The summed E-state index contributed by atoms with van der Waals surface area (Å²) in [6, 6.07) is 10.1. The van der Waals surface area contributed by atoms with E-state index in [4.69, 9.17) is 0 Å². The van der Waals surface area contributed by atoms with Crippen LogP contribution in [0.25, 0.3) is 12.2 Å². The third-order valence-electron chi connectivity index (χ3n) is 4.86. The molecule has 0 spiro atoms. The second-order valence-corrected chi connectivity index (χ2v) is 9.88. The molecular weight excluding hydrogens is 392 g/mol. The van der Waals surface area contributed by atoms with Gasteiger partial charge in [-0.25, -0.2) is 18.4 Å². The Labute approximate surface area is 168 Å². The van der Waals surface area contributed by atoms with Crippen LogP contribution in [0.2, 0.25) is 0 Å². The van der Waals surface area contributed by atoms with Crippen LogP contribution in [0.4, 0.5) is 5.13 Å². The highest BCUT2D eigenvalue weighted by Crippen LogP contribution is 2.28. The Morgan fingerprint density at radius 2 is 1.93 bits per heavy atom. The number of thiazole rings is 1. The number of hydrogen-bond acceptors (Lipinski definition) is 6. The Morgan fingerprint density at radius 1 is 1.18 bits per heavy atom. The highest BCUT2D eigenvalue weighted by atomic mass is 32.2. The molecule has 0 radical (unpaired) electrons. The van der Waals surface area contributed by atoms with E-state index in [0.717, 1.165) is 22.1 Å². The second-order valence-electron chi connectivity index (χ2n) is 6.90. The molecule has 2 aromatic heterocycles. The number of sulfone groups is 1. The molecule has 8 heteroatoms. The van der Waals surface area contributed by atoms with Gasteiger partial charge in [0, 0.05) is 30.4 Å². The molecule has 0 amide bonds. The smallest absolute Gasteiger partial charge is 0.225 e. The Morgan fingerprint density at radius 3 is 2.61 bits per heavy atom. The van der Waals surface area contributed by atoms with E-state index in [1.54, 1.807) is 24.5 Å². The molecule has 6 nitrogen and oxygen atoms in total. The molecule has 0 bridgehead atoms. The van der Waals surface area contributed by atoms with Crippen LogP contribution >= 0.6 is 11.3 Å². The SMILES string of the molecule is Cc1cnc(S(=O)(=O)C2CCN(c3nc(C=Cc4ccccc4)cs3)CC2)[nH]1. The van der Waals surface area contributed by atoms with Crippen molar-refractivity contribution in [1.82, 2.24) is 15.0 Å². The van der Waals surface area contributed by atoms with Gasteiger partial charge in [-0.3, -0.25) is 0 Å². The Kier molecular flexibility index (Phi) is 5.32. The molecule has 1 aliphatic rings. The summed E-state index contributed by atoms with van der Waals surface area (Å²) in [5.74, 6) is 0. The predicted molar refractivity (Wildman–Crippen MR) is 113 cm³/mol. The summed E-state index contributed by atoms with van der Waals surface area (Å²) in [5.41, 5.74) is 2.82. The molecule has 4 rings (SSSR count). The molecule has 0 atom stereocenters. The lowest BCUT2D eigenvalue weighted by Gasteiger charge is -2.30. The van der Waals surface area contributed by atoms with Crippen molar-refractivity contribution in [3.05, 3.63) is 58.9 Å². The van der Waals surface area contributed by atoms with E-state index in [1.165, 1.54) is 0 Å². The number of nitrogens with zero attached hydrogens (tertiary/aromatic N) is 3. The first kappa shape index (κ1) is 18.9. The van der Waals surface area contributed by atoms with Gasteiger partial charge >= 0.3 is 0 Å². The zero-order chi connectivity index (χ0) is 19.6. The lowest BCUT2D eigenvalue weighted by molar-refractivity contribution is 0.524. The first-order valence-electron chi connectivity index (χ1n) is 9.21. The Bertz CT molecular complexity index is 1060. The highest BCUT2D eigenvalue weighted by molar-refractivity contribution is 7.91. The van der Waals surface area contributed by atoms with Gasteiger partial charge in [-0.1, -0.05) is 36.4 Å². The van der Waals surface area contributed by atoms with Crippen molar-refractivity contribution in [2.75, 3.05) is 18.0 Å². The van der Waals surface area contributed by atoms with Gasteiger partial charge in [0.05, 0.1) is 10.9 Å². The zero-order valence-corrected chi connectivity index (χ0v) is 17.2. The standard InChI is InChI=1S/C20H22N4O2S2/c1-15-13-21-19(22-15)28(25,26)18-9-11-24(12-10-18)20-23-17(14-27-20)8-7-16-5-3-2-4-6-16/h2-8,13-14,18H,9-12H2,1H3,(H,21,22). The van der Waals surface area contributed by atoms with E-state index in [1.807, 2.05) is 35.7 Å². The molecule has 146 valence electrons. The average molecular weight is 415 g/mol. The number of aromatic amines is 1. The van der Waals surface area contributed by atoms with Crippen molar-refractivity contribution in [1.29, 1.82) is 0 Å². The molecule has 28 heavy (non-hydrogen) atoms. The van der Waals surface area contributed by atoms with Gasteiger partial charge in [0.25, 0.3) is 0 Å². The molecule has 1 aromatic carbocycles. The fraction of sp³-hybridized carbons (Fsp3) is 0.300. The van der Waals surface area contributed by atoms with Gasteiger partial charge in [-0.2, -0.15) is 0 Å². The maximum Gasteiger partial charge on any atom is 0.225 e. The summed E-state index contributed by atoms with van der Waals surface area (Å²) in [4.78, 5) is 13.7. The minimum atomic E-state index is -3.40. The van der Waals surface area contributed by atoms with Crippen LogP contribution in [0.3, 0.4) is 0 Å². The van der Waals surface area contributed by atoms with Crippen LogP contribution < -0.4 is 4.90 Å². The maximum absolute atomic E-state index is 12.7. The monoisotopic (exact) mass is 414 g/mol. The molecular formula is C20H22N4O2S2. The summed E-state index contributed by atoms with van der Waals surface area (Å²) in [7, 11) is -3.40. The molecule has 1 aliphatic heterocycles. The summed E-state index contributed by atoms with van der Waals surface area (Å²) in [6.07, 6.45) is 6.77. The number of imidazole rings is 1. The van der Waals surface area contributed by atoms with Gasteiger partial charge in [0.15, 0.2) is 5.13 Å². The van der Waals surface area contributed by atoms with E-state index in [-0.39, 0.29) is 5.16 Å².